The first-order chi connectivity index (χ1) is 16.2. The van der Waals surface area contributed by atoms with Gasteiger partial charge in [0.15, 0.2) is 17.3 Å². The highest BCUT2D eigenvalue weighted by atomic mass is 32.2. The summed E-state index contributed by atoms with van der Waals surface area (Å²) in [5, 5.41) is 19.7. The van der Waals surface area contributed by atoms with E-state index in [1.165, 1.54) is 30.3 Å². The van der Waals surface area contributed by atoms with Crippen LogP contribution in [0.5, 0.6) is 0 Å². The van der Waals surface area contributed by atoms with Gasteiger partial charge >= 0.3 is 6.18 Å². The first kappa shape index (κ1) is 23.4. The number of hydrogen-bond donors (Lipinski definition) is 1. The van der Waals surface area contributed by atoms with Crippen molar-refractivity contribution in [3.8, 4) is 11.6 Å². The van der Waals surface area contributed by atoms with Crippen molar-refractivity contribution in [2.24, 2.45) is 12.5 Å². The number of nitrogens with zero attached hydrogens (tertiary/aromatic N) is 5. The molecule has 0 bridgehead atoms. The molecule has 1 aliphatic carbocycles. The zero-order chi connectivity index (χ0) is 24.1. The van der Waals surface area contributed by atoms with Crippen LogP contribution in [-0.2, 0) is 13.2 Å². The standard InChI is InChI=1S/C23H26F3N5O2S/c1-14-19(33-13-27-14)20-28-29-21(30(20)2)34-11-17(32)10-31-8-7-22(12-31)9-18(22)15-3-5-16(6-4-15)23(24,25)26/h3-6,13,17-18,32H,7-12H2,1-2H3. The lowest BCUT2D eigenvalue weighted by molar-refractivity contribution is -0.137. The van der Waals surface area contributed by atoms with E-state index >= 15 is 0 Å². The van der Waals surface area contributed by atoms with Gasteiger partial charge in [-0.05, 0) is 55.3 Å². The van der Waals surface area contributed by atoms with Crippen molar-refractivity contribution in [1.29, 1.82) is 0 Å². The number of alkyl halides is 3. The summed E-state index contributed by atoms with van der Waals surface area (Å²) in [6.07, 6.45) is -1.47. The van der Waals surface area contributed by atoms with Gasteiger partial charge in [0, 0.05) is 25.9 Å². The number of benzene rings is 1. The Labute approximate surface area is 199 Å². The van der Waals surface area contributed by atoms with Gasteiger partial charge in [0.25, 0.3) is 0 Å². The Kier molecular flexibility index (Phi) is 5.97. The molecule has 1 saturated heterocycles. The third-order valence-electron chi connectivity index (χ3n) is 6.95. The van der Waals surface area contributed by atoms with Crippen LogP contribution in [0.3, 0.4) is 0 Å². The highest BCUT2D eigenvalue weighted by Crippen LogP contribution is 2.64. The number of aliphatic hydroxyl groups is 1. The third-order valence-corrected chi connectivity index (χ3v) is 8.12. The molecule has 2 fully saturated rings. The van der Waals surface area contributed by atoms with Gasteiger partial charge in [0.05, 0.1) is 17.4 Å². The molecule has 1 aliphatic heterocycles. The molecule has 3 aromatic rings. The molecule has 182 valence electrons. The van der Waals surface area contributed by atoms with Gasteiger partial charge in [-0.3, -0.25) is 0 Å². The fraction of sp³-hybridized carbons (Fsp3) is 0.522. The van der Waals surface area contributed by atoms with Crippen molar-refractivity contribution in [3.63, 3.8) is 0 Å². The molecule has 2 aromatic heterocycles. The molecule has 5 rings (SSSR count). The van der Waals surface area contributed by atoms with Crippen molar-refractivity contribution < 1.29 is 22.7 Å². The monoisotopic (exact) mass is 493 g/mol. The molecule has 3 unspecified atom stereocenters. The van der Waals surface area contributed by atoms with E-state index in [9.17, 15) is 18.3 Å². The summed E-state index contributed by atoms with van der Waals surface area (Å²) in [6.45, 7) is 4.15. The smallest absolute Gasteiger partial charge is 0.416 e. The average Bonchev–Trinajstić information content (AvgIpc) is 3.06. The molecule has 0 amide bonds. The summed E-state index contributed by atoms with van der Waals surface area (Å²) in [4.78, 5) is 6.34. The molecule has 1 aromatic carbocycles. The zero-order valence-electron chi connectivity index (χ0n) is 18.9. The maximum absolute atomic E-state index is 12.8. The van der Waals surface area contributed by atoms with Crippen LogP contribution >= 0.6 is 11.8 Å². The summed E-state index contributed by atoms with van der Waals surface area (Å²) in [6, 6.07) is 5.59. The lowest BCUT2D eigenvalue weighted by Gasteiger charge is -2.20. The number of hydrogen-bond acceptors (Lipinski definition) is 7. The number of likely N-dealkylation sites (tertiary alicyclic amines) is 1. The van der Waals surface area contributed by atoms with Crippen LogP contribution in [0.25, 0.3) is 11.6 Å². The van der Waals surface area contributed by atoms with Gasteiger partial charge in [-0.2, -0.15) is 13.2 Å². The maximum Gasteiger partial charge on any atom is 0.416 e. The Bertz CT molecular complexity index is 1160. The predicted molar refractivity (Wildman–Crippen MR) is 120 cm³/mol. The largest absolute Gasteiger partial charge is 0.440 e. The summed E-state index contributed by atoms with van der Waals surface area (Å²) < 4.78 is 45.7. The summed E-state index contributed by atoms with van der Waals surface area (Å²) >= 11 is 1.44. The van der Waals surface area contributed by atoms with Crippen molar-refractivity contribution in [3.05, 3.63) is 47.5 Å². The molecule has 11 heteroatoms. The fourth-order valence-electron chi connectivity index (χ4n) is 4.99. The molecule has 3 heterocycles. The van der Waals surface area contributed by atoms with Crippen molar-refractivity contribution in [1.82, 2.24) is 24.6 Å². The molecular weight excluding hydrogens is 467 g/mol. The average molecular weight is 494 g/mol. The summed E-state index contributed by atoms with van der Waals surface area (Å²) in [5.74, 6) is 1.95. The van der Waals surface area contributed by atoms with Gasteiger partial charge in [-0.25, -0.2) is 4.98 Å². The minimum absolute atomic E-state index is 0.125. The minimum atomic E-state index is -4.31. The Morgan fingerprint density at radius 2 is 2.03 bits per heavy atom. The molecule has 2 aliphatic rings. The van der Waals surface area contributed by atoms with Crippen LogP contribution in [-0.4, -0.2) is 61.2 Å². The number of aryl methyl sites for hydroxylation is 1. The van der Waals surface area contributed by atoms with E-state index in [0.717, 1.165) is 37.2 Å². The summed E-state index contributed by atoms with van der Waals surface area (Å²) in [5.41, 5.74) is 1.24. The van der Waals surface area contributed by atoms with E-state index < -0.39 is 17.8 Å². The molecular formula is C23H26F3N5O2S. The normalized spacial score (nSPS) is 23.6. The number of rotatable bonds is 7. The number of aromatic nitrogens is 4. The van der Waals surface area contributed by atoms with E-state index in [1.54, 1.807) is 12.1 Å². The second kappa shape index (κ2) is 8.69. The lowest BCUT2D eigenvalue weighted by Crippen LogP contribution is -2.32. The predicted octanol–water partition coefficient (Wildman–Crippen LogP) is 4.13. The highest BCUT2D eigenvalue weighted by Gasteiger charge is 2.57. The van der Waals surface area contributed by atoms with Crippen molar-refractivity contribution in [2.75, 3.05) is 25.4 Å². The van der Waals surface area contributed by atoms with E-state index in [0.29, 0.717) is 35.0 Å². The van der Waals surface area contributed by atoms with E-state index in [-0.39, 0.29) is 5.41 Å². The summed E-state index contributed by atoms with van der Waals surface area (Å²) in [7, 11) is 1.85. The van der Waals surface area contributed by atoms with Gasteiger partial charge in [0.1, 0.15) is 0 Å². The Balaban J connectivity index is 1.12. The van der Waals surface area contributed by atoms with E-state index in [1.807, 2.05) is 18.5 Å². The van der Waals surface area contributed by atoms with Crippen LogP contribution in [0.4, 0.5) is 13.2 Å². The van der Waals surface area contributed by atoms with Gasteiger partial charge < -0.3 is 19.0 Å². The van der Waals surface area contributed by atoms with Crippen molar-refractivity contribution >= 4 is 11.8 Å². The SMILES string of the molecule is Cc1ncoc1-c1nnc(SCC(O)CN2CCC3(CC3c3ccc(C(F)(F)F)cc3)C2)n1C. The first-order valence-electron chi connectivity index (χ1n) is 11.2. The van der Waals surface area contributed by atoms with Crippen LogP contribution in [0.2, 0.25) is 0 Å². The molecule has 3 atom stereocenters. The van der Waals surface area contributed by atoms with E-state index in [4.69, 9.17) is 4.42 Å². The Morgan fingerprint density at radius 1 is 1.26 bits per heavy atom. The second-order valence-electron chi connectivity index (χ2n) is 9.32. The van der Waals surface area contributed by atoms with Crippen LogP contribution in [0, 0.1) is 12.3 Å². The molecule has 1 saturated carbocycles. The van der Waals surface area contributed by atoms with Crippen LogP contribution in [0.15, 0.2) is 40.2 Å². The fourth-order valence-corrected chi connectivity index (χ4v) is 5.82. The molecule has 34 heavy (non-hydrogen) atoms. The minimum Gasteiger partial charge on any atom is -0.440 e. The van der Waals surface area contributed by atoms with Gasteiger partial charge in [0.2, 0.25) is 5.82 Å². The number of aliphatic hydroxyl groups excluding tert-OH is 1. The number of oxazole rings is 1. The maximum atomic E-state index is 12.8. The Hall–Kier alpha value is -2.37. The van der Waals surface area contributed by atoms with Crippen LogP contribution < -0.4 is 0 Å². The number of thioether (sulfide) groups is 1. The molecule has 1 N–H and O–H groups in total. The molecule has 7 nitrogen and oxygen atoms in total. The first-order valence-corrected chi connectivity index (χ1v) is 12.1. The molecule has 1 spiro atoms. The number of β-amino-alcohol motifs (C(OH)–C–C–N with tert-alkyl or cyclic N) is 1. The Morgan fingerprint density at radius 3 is 2.71 bits per heavy atom. The van der Waals surface area contributed by atoms with Crippen LogP contribution in [0.1, 0.15) is 35.6 Å². The number of halogens is 3. The van der Waals surface area contributed by atoms with Gasteiger partial charge in [-0.1, -0.05) is 23.9 Å². The zero-order valence-corrected chi connectivity index (χ0v) is 19.7. The topological polar surface area (TPSA) is 80.2 Å². The lowest BCUT2D eigenvalue weighted by atomic mass is 9.97. The van der Waals surface area contributed by atoms with Gasteiger partial charge in [-0.15, -0.1) is 10.2 Å². The third kappa shape index (κ3) is 4.48. The highest BCUT2D eigenvalue weighted by molar-refractivity contribution is 7.99. The quantitative estimate of drug-likeness (QED) is 0.496. The second-order valence-corrected chi connectivity index (χ2v) is 10.3. The van der Waals surface area contributed by atoms with E-state index in [2.05, 4.69) is 20.1 Å². The van der Waals surface area contributed by atoms with Crippen molar-refractivity contribution in [2.45, 2.75) is 43.1 Å². The molecule has 0 radical (unpaired) electrons.